The number of carboxylic acid groups (broad SMARTS) is 1. The van der Waals surface area contributed by atoms with E-state index < -0.39 is 6.09 Å². The Kier molecular flexibility index (Phi) is 6.33. The molecule has 1 saturated carbocycles. The molecule has 0 bridgehead atoms. The van der Waals surface area contributed by atoms with Crippen molar-refractivity contribution in [1.82, 2.24) is 24.8 Å². The fraction of sp³-hybridized carbons (Fsp3) is 0.400. The van der Waals surface area contributed by atoms with Crippen LogP contribution in [-0.4, -0.2) is 43.3 Å². The molecule has 0 atom stereocenters. The molecule has 0 spiro atoms. The van der Waals surface area contributed by atoms with E-state index in [1.807, 2.05) is 0 Å². The van der Waals surface area contributed by atoms with Crippen molar-refractivity contribution in [2.24, 2.45) is 5.92 Å². The number of aromatic amines is 1. The summed E-state index contributed by atoms with van der Waals surface area (Å²) in [5.41, 5.74) is 1.43. The number of halogens is 2. The van der Waals surface area contributed by atoms with Gasteiger partial charge in [-0.2, -0.15) is 4.98 Å². The number of fused-ring (bicyclic) bond motifs is 1. The van der Waals surface area contributed by atoms with Crippen molar-refractivity contribution < 1.29 is 9.90 Å². The topological polar surface area (TPSA) is 125 Å². The van der Waals surface area contributed by atoms with Gasteiger partial charge < -0.3 is 20.7 Å². The summed E-state index contributed by atoms with van der Waals surface area (Å²) in [4.78, 5) is 34.8. The molecule has 1 aliphatic rings. The van der Waals surface area contributed by atoms with Crippen molar-refractivity contribution in [3.05, 3.63) is 50.5 Å². The first-order valence-corrected chi connectivity index (χ1v) is 10.8. The predicted octanol–water partition coefficient (Wildman–Crippen LogP) is 3.71. The monoisotopic (exact) mass is 464 g/mol. The average Bonchev–Trinajstić information content (AvgIpc) is 3.04. The zero-order chi connectivity index (χ0) is 22.0. The zero-order valence-corrected chi connectivity index (χ0v) is 18.1. The molecule has 0 unspecified atom stereocenters. The second kappa shape index (κ2) is 9.15. The standard InChI is InChI=1S/C20H22Cl2N6O3/c21-13-3-6-15(22)12(7-13)10-28-17-16(26-19(28)29)9-24-18(27-17)23-8-11-1-4-14(5-2-11)25-20(30)31/h3,6-7,9,11,14,25H,1-2,4-5,8,10H2,(H,26,29)(H,30,31)(H,23,24,27)/t11-,14-. The molecular weight excluding hydrogens is 443 g/mol. The van der Waals surface area contributed by atoms with Gasteiger partial charge in [0, 0.05) is 22.6 Å². The van der Waals surface area contributed by atoms with Gasteiger partial charge in [-0.25, -0.2) is 14.6 Å². The third-order valence-corrected chi connectivity index (χ3v) is 6.17. The number of amides is 1. The maximum atomic E-state index is 12.5. The largest absolute Gasteiger partial charge is 0.465 e. The van der Waals surface area contributed by atoms with Gasteiger partial charge >= 0.3 is 11.8 Å². The molecule has 4 N–H and O–H groups in total. The maximum Gasteiger partial charge on any atom is 0.404 e. The summed E-state index contributed by atoms with van der Waals surface area (Å²) in [6.45, 7) is 0.912. The summed E-state index contributed by atoms with van der Waals surface area (Å²) in [5.74, 6) is 0.841. The molecule has 1 aliphatic carbocycles. The summed E-state index contributed by atoms with van der Waals surface area (Å²) in [6.07, 6.45) is 4.08. The van der Waals surface area contributed by atoms with Crippen molar-refractivity contribution in [2.45, 2.75) is 38.3 Å². The van der Waals surface area contributed by atoms with Crippen molar-refractivity contribution in [3.63, 3.8) is 0 Å². The third-order valence-electron chi connectivity index (χ3n) is 5.57. The molecule has 0 aliphatic heterocycles. The summed E-state index contributed by atoms with van der Waals surface area (Å²) >= 11 is 12.3. The second-order valence-corrected chi connectivity index (χ2v) is 8.57. The SMILES string of the molecule is O=C(O)N[C@H]1CC[C@H](CNc2ncc3[nH]c(=O)n(Cc4cc(Cl)ccc4Cl)c3n2)CC1. The number of benzene rings is 1. The summed E-state index contributed by atoms with van der Waals surface area (Å²) in [7, 11) is 0. The van der Waals surface area contributed by atoms with Crippen LogP contribution < -0.4 is 16.3 Å². The molecule has 11 heteroatoms. The van der Waals surface area contributed by atoms with Crippen LogP contribution in [0.2, 0.25) is 10.0 Å². The zero-order valence-electron chi connectivity index (χ0n) is 16.6. The lowest BCUT2D eigenvalue weighted by Crippen LogP contribution is -2.37. The van der Waals surface area contributed by atoms with Crippen LogP contribution in [0.4, 0.5) is 10.7 Å². The first kappa shape index (κ1) is 21.5. The van der Waals surface area contributed by atoms with Gasteiger partial charge in [0.1, 0.15) is 5.52 Å². The number of rotatable bonds is 6. The van der Waals surface area contributed by atoms with Crippen LogP contribution in [0.5, 0.6) is 0 Å². The van der Waals surface area contributed by atoms with Gasteiger partial charge in [-0.1, -0.05) is 23.2 Å². The fourth-order valence-electron chi connectivity index (χ4n) is 3.93. The van der Waals surface area contributed by atoms with E-state index in [0.717, 1.165) is 31.2 Å². The van der Waals surface area contributed by atoms with Crippen LogP contribution in [0.3, 0.4) is 0 Å². The molecule has 31 heavy (non-hydrogen) atoms. The minimum absolute atomic E-state index is 0.0222. The summed E-state index contributed by atoms with van der Waals surface area (Å²) in [5, 5.41) is 15.7. The molecule has 164 valence electrons. The van der Waals surface area contributed by atoms with Gasteiger partial charge in [0.15, 0.2) is 5.65 Å². The lowest BCUT2D eigenvalue weighted by Gasteiger charge is -2.28. The molecule has 1 amide bonds. The highest BCUT2D eigenvalue weighted by Crippen LogP contribution is 2.25. The Morgan fingerprint density at radius 1 is 1.26 bits per heavy atom. The first-order valence-electron chi connectivity index (χ1n) is 10.0. The molecule has 1 fully saturated rings. The molecule has 0 radical (unpaired) electrons. The van der Waals surface area contributed by atoms with Crippen LogP contribution in [0.25, 0.3) is 11.2 Å². The number of hydrogen-bond donors (Lipinski definition) is 4. The second-order valence-electron chi connectivity index (χ2n) is 7.73. The number of anilines is 1. The lowest BCUT2D eigenvalue weighted by molar-refractivity contribution is 0.183. The molecule has 2 aromatic heterocycles. The Bertz CT molecular complexity index is 1150. The maximum absolute atomic E-state index is 12.5. The lowest BCUT2D eigenvalue weighted by atomic mass is 9.86. The van der Waals surface area contributed by atoms with Gasteiger partial charge in [-0.05, 0) is 55.4 Å². The number of carbonyl (C=O) groups is 1. The number of nitrogens with zero attached hydrogens (tertiary/aromatic N) is 3. The van der Waals surface area contributed by atoms with Crippen LogP contribution >= 0.6 is 23.2 Å². The Morgan fingerprint density at radius 3 is 2.77 bits per heavy atom. The Hall–Kier alpha value is -2.78. The minimum Gasteiger partial charge on any atom is -0.465 e. The number of H-pyrrole nitrogens is 1. The smallest absolute Gasteiger partial charge is 0.404 e. The molecule has 3 aromatic rings. The van der Waals surface area contributed by atoms with E-state index in [1.54, 1.807) is 24.4 Å². The van der Waals surface area contributed by atoms with Gasteiger partial charge in [-0.15, -0.1) is 0 Å². The van der Waals surface area contributed by atoms with Crippen LogP contribution in [0.1, 0.15) is 31.2 Å². The molecule has 9 nitrogen and oxygen atoms in total. The van der Waals surface area contributed by atoms with E-state index in [9.17, 15) is 9.59 Å². The number of nitrogens with one attached hydrogen (secondary N) is 3. The average molecular weight is 465 g/mol. The van der Waals surface area contributed by atoms with Crippen molar-refractivity contribution in [2.75, 3.05) is 11.9 Å². The van der Waals surface area contributed by atoms with E-state index in [0.29, 0.717) is 39.6 Å². The van der Waals surface area contributed by atoms with E-state index in [-0.39, 0.29) is 18.3 Å². The van der Waals surface area contributed by atoms with Crippen LogP contribution in [0, 0.1) is 5.92 Å². The Balaban J connectivity index is 1.46. The number of imidazole rings is 1. The number of hydrogen-bond acceptors (Lipinski definition) is 5. The minimum atomic E-state index is -0.972. The highest BCUT2D eigenvalue weighted by molar-refractivity contribution is 6.33. The quantitative estimate of drug-likeness (QED) is 0.440. The molecular formula is C20H22Cl2N6O3. The number of aromatic nitrogens is 4. The van der Waals surface area contributed by atoms with E-state index in [4.69, 9.17) is 28.3 Å². The van der Waals surface area contributed by atoms with Crippen LogP contribution in [-0.2, 0) is 6.54 Å². The Labute approximate surface area is 187 Å². The predicted molar refractivity (Wildman–Crippen MR) is 119 cm³/mol. The summed E-state index contributed by atoms with van der Waals surface area (Å²) < 4.78 is 1.50. The highest BCUT2D eigenvalue weighted by atomic mass is 35.5. The van der Waals surface area contributed by atoms with Crippen molar-refractivity contribution in [3.8, 4) is 0 Å². The van der Waals surface area contributed by atoms with Gasteiger partial charge in [0.25, 0.3) is 0 Å². The summed E-state index contributed by atoms with van der Waals surface area (Å²) in [6, 6.07) is 5.14. The van der Waals surface area contributed by atoms with E-state index in [2.05, 4.69) is 25.6 Å². The highest BCUT2D eigenvalue weighted by Gasteiger charge is 2.22. The van der Waals surface area contributed by atoms with Crippen LogP contribution in [0.15, 0.2) is 29.2 Å². The normalized spacial score (nSPS) is 18.8. The van der Waals surface area contributed by atoms with Crippen molar-refractivity contribution >= 4 is 46.4 Å². The van der Waals surface area contributed by atoms with Gasteiger partial charge in [0.2, 0.25) is 5.95 Å². The van der Waals surface area contributed by atoms with E-state index >= 15 is 0 Å². The molecule has 2 heterocycles. The molecule has 4 rings (SSSR count). The molecule has 0 saturated heterocycles. The Morgan fingerprint density at radius 2 is 2.03 bits per heavy atom. The van der Waals surface area contributed by atoms with Gasteiger partial charge in [-0.3, -0.25) is 4.57 Å². The van der Waals surface area contributed by atoms with Gasteiger partial charge in [0.05, 0.1) is 12.7 Å². The van der Waals surface area contributed by atoms with Crippen molar-refractivity contribution in [1.29, 1.82) is 0 Å². The third kappa shape index (κ3) is 5.11. The first-order chi connectivity index (χ1) is 14.9. The van der Waals surface area contributed by atoms with E-state index in [1.165, 1.54) is 4.57 Å². The fourth-order valence-corrected chi connectivity index (χ4v) is 4.31. The molecule has 1 aromatic carbocycles.